The van der Waals surface area contributed by atoms with E-state index in [0.717, 1.165) is 12.1 Å². The van der Waals surface area contributed by atoms with Gasteiger partial charge in [-0.2, -0.15) is 13.2 Å². The van der Waals surface area contributed by atoms with Gasteiger partial charge in [-0.15, -0.1) is 0 Å². The smallest absolute Gasteiger partial charge is 0.416 e. The zero-order valence-corrected chi connectivity index (χ0v) is 17.4. The van der Waals surface area contributed by atoms with Crippen molar-refractivity contribution in [1.29, 1.82) is 0 Å². The SMILES string of the molecule is CN(C)CCN(CCNC(=O)OC(C)(C)C)C(=O)Nc1ccc(C(F)(F)F)cc1. The minimum atomic E-state index is -4.44. The molecule has 0 radical (unpaired) electrons. The highest BCUT2D eigenvalue weighted by Crippen LogP contribution is 2.29. The third-order valence-electron chi connectivity index (χ3n) is 3.62. The second kappa shape index (κ2) is 10.3. The van der Waals surface area contributed by atoms with Gasteiger partial charge in [0.2, 0.25) is 0 Å². The Kier molecular flexibility index (Phi) is 8.75. The highest BCUT2D eigenvalue weighted by Gasteiger charge is 2.30. The Labute approximate surface area is 169 Å². The zero-order chi connectivity index (χ0) is 22.2. The quantitative estimate of drug-likeness (QED) is 0.709. The van der Waals surface area contributed by atoms with Gasteiger partial charge in [0.05, 0.1) is 5.56 Å². The third kappa shape index (κ3) is 10.0. The van der Waals surface area contributed by atoms with Crippen molar-refractivity contribution < 1.29 is 27.5 Å². The average molecular weight is 418 g/mol. The van der Waals surface area contributed by atoms with Crippen LogP contribution in [0, 0.1) is 0 Å². The Bertz CT molecular complexity index is 671. The molecular formula is C19H29F3N4O3. The lowest BCUT2D eigenvalue weighted by atomic mass is 10.2. The summed E-state index contributed by atoms with van der Waals surface area (Å²) in [6.45, 7) is 6.55. The first-order chi connectivity index (χ1) is 13.3. The number of alkyl carbamates (subject to hydrolysis) is 1. The molecule has 10 heteroatoms. The van der Waals surface area contributed by atoms with E-state index in [1.54, 1.807) is 20.8 Å². The number of ether oxygens (including phenoxy) is 1. The molecule has 0 aliphatic carbocycles. The standard InChI is InChI=1S/C19H29F3N4O3/c1-18(2,3)29-17(28)23-10-11-26(13-12-25(4)5)16(27)24-15-8-6-14(7-9-15)19(20,21)22/h6-9H,10-13H2,1-5H3,(H,23,28)(H,24,27). The molecule has 2 N–H and O–H groups in total. The first kappa shape index (κ1) is 24.5. The minimum absolute atomic E-state index is 0.169. The minimum Gasteiger partial charge on any atom is -0.444 e. The van der Waals surface area contributed by atoms with E-state index in [-0.39, 0.29) is 18.8 Å². The average Bonchev–Trinajstić information content (AvgIpc) is 2.55. The molecule has 0 unspecified atom stereocenters. The van der Waals surface area contributed by atoms with Crippen molar-refractivity contribution in [2.75, 3.05) is 45.6 Å². The van der Waals surface area contributed by atoms with Gasteiger partial charge < -0.3 is 25.2 Å². The molecular weight excluding hydrogens is 389 g/mol. The lowest BCUT2D eigenvalue weighted by Crippen LogP contribution is -2.44. The van der Waals surface area contributed by atoms with E-state index in [4.69, 9.17) is 4.74 Å². The maximum atomic E-state index is 12.6. The molecule has 0 fully saturated rings. The Morgan fingerprint density at radius 3 is 2.07 bits per heavy atom. The summed E-state index contributed by atoms with van der Waals surface area (Å²) in [4.78, 5) is 27.6. The van der Waals surface area contributed by atoms with E-state index < -0.39 is 29.5 Å². The van der Waals surface area contributed by atoms with Gasteiger partial charge in [0.25, 0.3) is 0 Å². The maximum absolute atomic E-state index is 12.6. The van der Waals surface area contributed by atoms with Gasteiger partial charge in [-0.05, 0) is 59.1 Å². The van der Waals surface area contributed by atoms with Gasteiger partial charge in [-0.25, -0.2) is 9.59 Å². The van der Waals surface area contributed by atoms with Crippen molar-refractivity contribution in [3.05, 3.63) is 29.8 Å². The molecule has 0 atom stereocenters. The van der Waals surface area contributed by atoms with Gasteiger partial charge >= 0.3 is 18.3 Å². The fourth-order valence-corrected chi connectivity index (χ4v) is 2.19. The largest absolute Gasteiger partial charge is 0.444 e. The summed E-state index contributed by atoms with van der Waals surface area (Å²) in [7, 11) is 3.70. The molecule has 0 bridgehead atoms. The number of halogens is 3. The summed E-state index contributed by atoms with van der Waals surface area (Å²) in [6, 6.07) is 3.74. The van der Waals surface area contributed by atoms with Gasteiger partial charge in [0.15, 0.2) is 0 Å². The van der Waals surface area contributed by atoms with Crippen molar-refractivity contribution in [3.63, 3.8) is 0 Å². The van der Waals surface area contributed by atoms with E-state index in [2.05, 4.69) is 10.6 Å². The van der Waals surface area contributed by atoms with Crippen LogP contribution in [0.1, 0.15) is 26.3 Å². The van der Waals surface area contributed by atoms with E-state index in [0.29, 0.717) is 13.1 Å². The second-order valence-corrected chi connectivity index (χ2v) is 7.72. The molecule has 0 aliphatic rings. The molecule has 1 aromatic carbocycles. The Hall–Kier alpha value is -2.49. The fourth-order valence-electron chi connectivity index (χ4n) is 2.19. The summed E-state index contributed by atoms with van der Waals surface area (Å²) in [6.07, 6.45) is -5.03. The lowest BCUT2D eigenvalue weighted by molar-refractivity contribution is -0.137. The molecule has 7 nitrogen and oxygen atoms in total. The molecule has 0 saturated carbocycles. The van der Waals surface area contributed by atoms with E-state index in [1.807, 2.05) is 19.0 Å². The van der Waals surface area contributed by atoms with Gasteiger partial charge in [0.1, 0.15) is 5.60 Å². The molecule has 0 aromatic heterocycles. The number of likely N-dealkylation sites (N-methyl/N-ethyl adjacent to an activating group) is 1. The molecule has 0 spiro atoms. The number of nitrogens with one attached hydrogen (secondary N) is 2. The fraction of sp³-hybridized carbons (Fsp3) is 0.579. The van der Waals surface area contributed by atoms with Crippen LogP contribution in [-0.2, 0) is 10.9 Å². The molecule has 29 heavy (non-hydrogen) atoms. The highest BCUT2D eigenvalue weighted by atomic mass is 19.4. The highest BCUT2D eigenvalue weighted by molar-refractivity contribution is 5.89. The van der Waals surface area contributed by atoms with E-state index in [1.165, 1.54) is 17.0 Å². The van der Waals surface area contributed by atoms with Gasteiger partial charge in [-0.1, -0.05) is 0 Å². The van der Waals surface area contributed by atoms with Gasteiger partial charge in [0, 0.05) is 31.9 Å². The van der Waals surface area contributed by atoms with Crippen LogP contribution in [0.2, 0.25) is 0 Å². The van der Waals surface area contributed by atoms with Crippen molar-refractivity contribution >= 4 is 17.8 Å². The number of amides is 3. The number of urea groups is 1. The number of alkyl halides is 3. The number of hydrogen-bond donors (Lipinski definition) is 2. The monoisotopic (exact) mass is 418 g/mol. The second-order valence-electron chi connectivity index (χ2n) is 7.72. The van der Waals surface area contributed by atoms with Crippen LogP contribution in [0.25, 0.3) is 0 Å². The topological polar surface area (TPSA) is 73.9 Å². The van der Waals surface area contributed by atoms with E-state index in [9.17, 15) is 22.8 Å². The summed E-state index contributed by atoms with van der Waals surface area (Å²) in [5.74, 6) is 0. The molecule has 0 aliphatic heterocycles. The predicted molar refractivity (Wildman–Crippen MR) is 105 cm³/mol. The van der Waals surface area contributed by atoms with Crippen molar-refractivity contribution in [2.45, 2.75) is 32.5 Å². The number of carbonyl (C=O) groups excluding carboxylic acids is 2. The van der Waals surface area contributed by atoms with Crippen molar-refractivity contribution in [1.82, 2.24) is 15.1 Å². The maximum Gasteiger partial charge on any atom is 0.416 e. The zero-order valence-electron chi connectivity index (χ0n) is 17.4. The molecule has 1 rings (SSSR count). The summed E-state index contributed by atoms with van der Waals surface area (Å²) < 4.78 is 43.1. The molecule has 0 heterocycles. The van der Waals surface area contributed by atoms with Crippen LogP contribution in [-0.4, -0.2) is 67.8 Å². The summed E-state index contributed by atoms with van der Waals surface area (Å²) >= 11 is 0. The first-order valence-corrected chi connectivity index (χ1v) is 9.13. The van der Waals surface area contributed by atoms with Crippen LogP contribution in [0.15, 0.2) is 24.3 Å². The number of nitrogens with zero attached hydrogens (tertiary/aromatic N) is 2. The number of carbonyl (C=O) groups is 2. The van der Waals surface area contributed by atoms with Crippen LogP contribution in [0.4, 0.5) is 28.4 Å². The molecule has 0 saturated heterocycles. The van der Waals surface area contributed by atoms with Crippen LogP contribution >= 0.6 is 0 Å². The summed E-state index contributed by atoms with van der Waals surface area (Å²) in [5.41, 5.74) is -1.17. The summed E-state index contributed by atoms with van der Waals surface area (Å²) in [5, 5.41) is 5.16. The Morgan fingerprint density at radius 2 is 1.59 bits per heavy atom. The number of rotatable bonds is 7. The number of hydrogen-bond acceptors (Lipinski definition) is 4. The third-order valence-corrected chi connectivity index (χ3v) is 3.62. The van der Waals surface area contributed by atoms with Crippen LogP contribution < -0.4 is 10.6 Å². The Morgan fingerprint density at radius 1 is 1.00 bits per heavy atom. The van der Waals surface area contributed by atoms with Crippen molar-refractivity contribution in [3.8, 4) is 0 Å². The van der Waals surface area contributed by atoms with Gasteiger partial charge in [-0.3, -0.25) is 0 Å². The van der Waals surface area contributed by atoms with Crippen LogP contribution in [0.5, 0.6) is 0 Å². The number of benzene rings is 1. The van der Waals surface area contributed by atoms with Crippen molar-refractivity contribution in [2.24, 2.45) is 0 Å². The van der Waals surface area contributed by atoms with E-state index >= 15 is 0 Å². The first-order valence-electron chi connectivity index (χ1n) is 9.13. The molecule has 1 aromatic rings. The molecule has 164 valence electrons. The van der Waals surface area contributed by atoms with Crippen LogP contribution in [0.3, 0.4) is 0 Å². The predicted octanol–water partition coefficient (Wildman–Crippen LogP) is 3.63. The lowest BCUT2D eigenvalue weighted by Gasteiger charge is -2.25. The number of anilines is 1. The Balaban J connectivity index is 2.68. The normalized spacial score (nSPS) is 11.9. The molecule has 3 amide bonds.